The molecule has 2 aliphatic rings. The van der Waals surface area contributed by atoms with Crippen molar-refractivity contribution in [1.82, 2.24) is 10.2 Å². The Bertz CT molecular complexity index is 222. The van der Waals surface area contributed by atoms with E-state index in [0.29, 0.717) is 18.2 Å². The van der Waals surface area contributed by atoms with E-state index in [4.69, 9.17) is 4.74 Å². The Morgan fingerprint density at radius 2 is 2.31 bits per heavy atom. The summed E-state index contributed by atoms with van der Waals surface area (Å²) in [6.45, 7) is 11.3. The second kappa shape index (κ2) is 5.48. The smallest absolute Gasteiger partial charge is 0.0703 e. The van der Waals surface area contributed by atoms with E-state index in [-0.39, 0.29) is 0 Å². The Balaban J connectivity index is 1.91. The van der Waals surface area contributed by atoms with Crippen LogP contribution in [0.1, 0.15) is 33.6 Å². The molecular formula is C13H26N2O. The zero-order valence-corrected chi connectivity index (χ0v) is 10.9. The van der Waals surface area contributed by atoms with Crippen molar-refractivity contribution < 1.29 is 4.74 Å². The van der Waals surface area contributed by atoms with Crippen LogP contribution in [0.4, 0.5) is 0 Å². The highest BCUT2D eigenvalue weighted by molar-refractivity contribution is 4.89. The second-order valence-electron chi connectivity index (χ2n) is 5.37. The summed E-state index contributed by atoms with van der Waals surface area (Å²) in [5.41, 5.74) is 0. The fraction of sp³-hybridized carbons (Fsp3) is 1.00. The van der Waals surface area contributed by atoms with Crippen LogP contribution in [0, 0.1) is 5.92 Å². The number of nitrogens with one attached hydrogen (secondary N) is 1. The van der Waals surface area contributed by atoms with Crippen molar-refractivity contribution in [3.8, 4) is 0 Å². The summed E-state index contributed by atoms with van der Waals surface area (Å²) in [6, 6.07) is 1.33. The molecule has 16 heavy (non-hydrogen) atoms. The van der Waals surface area contributed by atoms with Gasteiger partial charge in [-0.05, 0) is 19.3 Å². The largest absolute Gasteiger partial charge is 0.377 e. The molecule has 0 aromatic heterocycles. The molecule has 0 radical (unpaired) electrons. The van der Waals surface area contributed by atoms with Gasteiger partial charge < -0.3 is 10.1 Å². The van der Waals surface area contributed by atoms with E-state index in [1.807, 2.05) is 0 Å². The lowest BCUT2D eigenvalue weighted by Crippen LogP contribution is -2.57. The van der Waals surface area contributed by atoms with Crippen molar-refractivity contribution >= 4 is 0 Å². The SMILES string of the molecule is CCC(C)C1CN(C2CCOC2C)CCN1. The summed E-state index contributed by atoms with van der Waals surface area (Å²) in [7, 11) is 0. The molecule has 0 aliphatic carbocycles. The van der Waals surface area contributed by atoms with Crippen LogP contribution in [0.25, 0.3) is 0 Å². The van der Waals surface area contributed by atoms with Gasteiger partial charge in [0.05, 0.1) is 6.10 Å². The number of piperazine rings is 1. The summed E-state index contributed by atoms with van der Waals surface area (Å²) in [4.78, 5) is 2.64. The molecule has 2 rings (SSSR count). The fourth-order valence-electron chi connectivity index (χ4n) is 2.97. The predicted molar refractivity (Wildman–Crippen MR) is 66.6 cm³/mol. The zero-order valence-electron chi connectivity index (χ0n) is 10.9. The topological polar surface area (TPSA) is 24.5 Å². The molecule has 0 aromatic carbocycles. The molecule has 0 amide bonds. The average molecular weight is 226 g/mol. The van der Waals surface area contributed by atoms with E-state index in [9.17, 15) is 0 Å². The van der Waals surface area contributed by atoms with Crippen LogP contribution in [0.2, 0.25) is 0 Å². The maximum absolute atomic E-state index is 5.68. The van der Waals surface area contributed by atoms with E-state index in [1.54, 1.807) is 0 Å². The van der Waals surface area contributed by atoms with Crippen LogP contribution >= 0.6 is 0 Å². The van der Waals surface area contributed by atoms with Crippen LogP contribution in [-0.4, -0.2) is 49.3 Å². The Morgan fingerprint density at radius 3 is 2.94 bits per heavy atom. The Hall–Kier alpha value is -0.120. The molecule has 0 bridgehead atoms. The first-order valence-electron chi connectivity index (χ1n) is 6.81. The fourth-order valence-corrected chi connectivity index (χ4v) is 2.97. The van der Waals surface area contributed by atoms with Crippen molar-refractivity contribution in [2.45, 2.75) is 51.8 Å². The highest BCUT2D eigenvalue weighted by atomic mass is 16.5. The van der Waals surface area contributed by atoms with Gasteiger partial charge in [0.15, 0.2) is 0 Å². The Kier molecular flexibility index (Phi) is 4.22. The van der Waals surface area contributed by atoms with Gasteiger partial charge >= 0.3 is 0 Å². The minimum atomic E-state index is 0.427. The molecule has 1 N–H and O–H groups in total. The molecule has 2 heterocycles. The van der Waals surface area contributed by atoms with Gasteiger partial charge in [-0.25, -0.2) is 0 Å². The first kappa shape index (κ1) is 12.3. The summed E-state index contributed by atoms with van der Waals surface area (Å²) in [6.07, 6.45) is 2.91. The van der Waals surface area contributed by atoms with E-state index >= 15 is 0 Å². The quantitative estimate of drug-likeness (QED) is 0.789. The lowest BCUT2D eigenvalue weighted by Gasteiger charge is -2.40. The van der Waals surface area contributed by atoms with E-state index in [0.717, 1.165) is 19.1 Å². The summed E-state index contributed by atoms with van der Waals surface area (Å²) >= 11 is 0. The van der Waals surface area contributed by atoms with Crippen LogP contribution in [0.15, 0.2) is 0 Å². The minimum absolute atomic E-state index is 0.427. The summed E-state index contributed by atoms with van der Waals surface area (Å²) < 4.78 is 5.68. The van der Waals surface area contributed by atoms with Crippen molar-refractivity contribution in [2.75, 3.05) is 26.2 Å². The molecule has 94 valence electrons. The van der Waals surface area contributed by atoms with Crippen LogP contribution < -0.4 is 5.32 Å². The zero-order chi connectivity index (χ0) is 11.5. The number of ether oxygens (including phenoxy) is 1. The minimum Gasteiger partial charge on any atom is -0.377 e. The first-order valence-corrected chi connectivity index (χ1v) is 6.81. The highest BCUT2D eigenvalue weighted by Gasteiger charge is 2.33. The molecule has 3 heteroatoms. The van der Waals surface area contributed by atoms with E-state index in [1.165, 1.54) is 25.9 Å². The maximum Gasteiger partial charge on any atom is 0.0703 e. The number of hydrogen-bond donors (Lipinski definition) is 1. The first-order chi connectivity index (χ1) is 7.72. The average Bonchev–Trinajstić information content (AvgIpc) is 2.74. The summed E-state index contributed by atoms with van der Waals surface area (Å²) in [5, 5.41) is 3.66. The molecule has 2 fully saturated rings. The number of nitrogens with zero attached hydrogens (tertiary/aromatic N) is 1. The van der Waals surface area contributed by atoms with E-state index in [2.05, 4.69) is 31.0 Å². The third kappa shape index (κ3) is 2.58. The molecule has 0 saturated carbocycles. The monoisotopic (exact) mass is 226 g/mol. The normalized spacial score (nSPS) is 38.8. The van der Waals surface area contributed by atoms with Crippen molar-refractivity contribution in [2.24, 2.45) is 5.92 Å². The summed E-state index contributed by atoms with van der Waals surface area (Å²) in [5.74, 6) is 0.778. The molecule has 0 spiro atoms. The molecule has 2 aliphatic heterocycles. The van der Waals surface area contributed by atoms with Gasteiger partial charge in [0.1, 0.15) is 0 Å². The van der Waals surface area contributed by atoms with Crippen molar-refractivity contribution in [1.29, 1.82) is 0 Å². The third-order valence-electron chi connectivity index (χ3n) is 4.37. The van der Waals surface area contributed by atoms with Gasteiger partial charge in [-0.15, -0.1) is 0 Å². The van der Waals surface area contributed by atoms with Gasteiger partial charge in [-0.1, -0.05) is 20.3 Å². The number of rotatable bonds is 3. The molecular weight excluding hydrogens is 200 g/mol. The van der Waals surface area contributed by atoms with Crippen molar-refractivity contribution in [3.05, 3.63) is 0 Å². The molecule has 0 aromatic rings. The van der Waals surface area contributed by atoms with Crippen molar-refractivity contribution in [3.63, 3.8) is 0 Å². The molecule has 3 nitrogen and oxygen atoms in total. The Morgan fingerprint density at radius 1 is 1.50 bits per heavy atom. The molecule has 4 atom stereocenters. The van der Waals surface area contributed by atoms with Gasteiger partial charge in [-0.3, -0.25) is 4.90 Å². The van der Waals surface area contributed by atoms with Gasteiger partial charge in [0.2, 0.25) is 0 Å². The second-order valence-corrected chi connectivity index (χ2v) is 5.37. The lowest BCUT2D eigenvalue weighted by molar-refractivity contribution is 0.0545. The Labute approximate surface area is 99.5 Å². The third-order valence-corrected chi connectivity index (χ3v) is 4.37. The van der Waals surface area contributed by atoms with Gasteiger partial charge in [0, 0.05) is 38.3 Å². The maximum atomic E-state index is 5.68. The van der Waals surface area contributed by atoms with E-state index < -0.39 is 0 Å². The van der Waals surface area contributed by atoms with Crippen LogP contribution in [-0.2, 0) is 4.74 Å². The van der Waals surface area contributed by atoms with Crippen LogP contribution in [0.5, 0.6) is 0 Å². The standard InChI is InChI=1S/C13H26N2O/c1-4-10(2)12-9-15(7-6-14-12)13-5-8-16-11(13)3/h10-14H,4-9H2,1-3H3. The molecule has 4 unspecified atom stereocenters. The lowest BCUT2D eigenvalue weighted by atomic mass is 9.95. The predicted octanol–water partition coefficient (Wildman–Crippen LogP) is 1.48. The van der Waals surface area contributed by atoms with Gasteiger partial charge in [-0.2, -0.15) is 0 Å². The highest BCUT2D eigenvalue weighted by Crippen LogP contribution is 2.22. The van der Waals surface area contributed by atoms with Crippen LogP contribution in [0.3, 0.4) is 0 Å². The number of hydrogen-bond acceptors (Lipinski definition) is 3. The molecule has 2 saturated heterocycles. The van der Waals surface area contributed by atoms with Gasteiger partial charge in [0.25, 0.3) is 0 Å².